The molecule has 0 spiro atoms. The van der Waals surface area contributed by atoms with Gasteiger partial charge in [-0.25, -0.2) is 0 Å². The van der Waals surface area contributed by atoms with Crippen molar-refractivity contribution >= 4 is 0 Å². The Labute approximate surface area is 106 Å². The van der Waals surface area contributed by atoms with Crippen LogP contribution in [0.4, 0.5) is 0 Å². The van der Waals surface area contributed by atoms with Crippen LogP contribution in [-0.4, -0.2) is 11.2 Å². The SMILES string of the molecule is Cc1cc(C)cc(CC(O)CCCC(C)C)c1. The number of aliphatic hydroxyl groups excluding tert-OH is 1. The Hall–Kier alpha value is -0.820. The lowest BCUT2D eigenvalue weighted by Gasteiger charge is -2.12. The molecule has 1 rings (SSSR count). The highest BCUT2D eigenvalue weighted by atomic mass is 16.3. The normalized spacial score (nSPS) is 13.1. The first-order chi connectivity index (χ1) is 7.97. The summed E-state index contributed by atoms with van der Waals surface area (Å²) in [6, 6.07) is 6.53. The third-order valence-electron chi connectivity index (χ3n) is 3.07. The van der Waals surface area contributed by atoms with Crippen molar-refractivity contribution in [1.82, 2.24) is 0 Å². The molecule has 1 unspecified atom stereocenters. The van der Waals surface area contributed by atoms with Crippen molar-refractivity contribution in [2.45, 2.75) is 59.5 Å². The van der Waals surface area contributed by atoms with E-state index in [0.29, 0.717) is 0 Å². The van der Waals surface area contributed by atoms with E-state index in [1.165, 1.54) is 23.1 Å². The molecule has 0 aliphatic rings. The van der Waals surface area contributed by atoms with Gasteiger partial charge in [0.15, 0.2) is 0 Å². The number of hydrogen-bond donors (Lipinski definition) is 1. The fourth-order valence-corrected chi connectivity index (χ4v) is 2.32. The molecular formula is C16H26O. The standard InChI is InChI=1S/C16H26O/c1-12(2)6-5-7-16(17)11-15-9-13(3)8-14(4)10-15/h8-10,12,16-17H,5-7,11H2,1-4H3. The van der Waals surface area contributed by atoms with Gasteiger partial charge in [0.2, 0.25) is 0 Å². The fraction of sp³-hybridized carbons (Fsp3) is 0.625. The van der Waals surface area contributed by atoms with Crippen LogP contribution < -0.4 is 0 Å². The van der Waals surface area contributed by atoms with E-state index < -0.39 is 0 Å². The molecule has 1 atom stereocenters. The molecule has 1 heteroatoms. The lowest BCUT2D eigenvalue weighted by molar-refractivity contribution is 0.159. The average Bonchev–Trinajstić information content (AvgIpc) is 2.14. The lowest BCUT2D eigenvalue weighted by atomic mass is 9.98. The zero-order valence-electron chi connectivity index (χ0n) is 11.7. The van der Waals surface area contributed by atoms with E-state index >= 15 is 0 Å². The van der Waals surface area contributed by atoms with E-state index in [1.807, 2.05) is 0 Å². The number of aliphatic hydroxyl groups is 1. The fourth-order valence-electron chi connectivity index (χ4n) is 2.32. The summed E-state index contributed by atoms with van der Waals surface area (Å²) in [6.07, 6.45) is 3.87. The van der Waals surface area contributed by atoms with Crippen LogP contribution >= 0.6 is 0 Å². The number of benzene rings is 1. The van der Waals surface area contributed by atoms with Crippen LogP contribution in [0.3, 0.4) is 0 Å². The van der Waals surface area contributed by atoms with Gasteiger partial charge in [0, 0.05) is 0 Å². The minimum Gasteiger partial charge on any atom is -0.393 e. The molecule has 1 nitrogen and oxygen atoms in total. The molecule has 0 aliphatic heterocycles. The van der Waals surface area contributed by atoms with Gasteiger partial charge in [-0.15, -0.1) is 0 Å². The zero-order valence-corrected chi connectivity index (χ0v) is 11.7. The molecule has 0 saturated heterocycles. The maximum Gasteiger partial charge on any atom is 0.0580 e. The summed E-state index contributed by atoms with van der Waals surface area (Å²) in [5.74, 6) is 0.739. The summed E-state index contributed by atoms with van der Waals surface area (Å²) < 4.78 is 0. The summed E-state index contributed by atoms with van der Waals surface area (Å²) in [7, 11) is 0. The van der Waals surface area contributed by atoms with Crippen molar-refractivity contribution in [2.24, 2.45) is 5.92 Å². The maximum absolute atomic E-state index is 10.00. The van der Waals surface area contributed by atoms with Crippen molar-refractivity contribution < 1.29 is 5.11 Å². The molecule has 0 amide bonds. The van der Waals surface area contributed by atoms with Crippen molar-refractivity contribution in [3.05, 3.63) is 34.9 Å². The summed E-state index contributed by atoms with van der Waals surface area (Å²) in [4.78, 5) is 0. The van der Waals surface area contributed by atoms with Crippen molar-refractivity contribution in [2.75, 3.05) is 0 Å². The van der Waals surface area contributed by atoms with Crippen LogP contribution in [0.1, 0.15) is 49.8 Å². The Bertz CT molecular complexity index is 321. The molecule has 0 saturated carbocycles. The minimum absolute atomic E-state index is 0.185. The first kappa shape index (κ1) is 14.2. The zero-order chi connectivity index (χ0) is 12.8. The van der Waals surface area contributed by atoms with E-state index in [-0.39, 0.29) is 6.10 Å². The van der Waals surface area contributed by atoms with E-state index in [2.05, 4.69) is 45.9 Å². The average molecular weight is 234 g/mol. The molecule has 0 heterocycles. The smallest absolute Gasteiger partial charge is 0.0580 e. The van der Waals surface area contributed by atoms with E-state index in [9.17, 15) is 5.11 Å². The lowest BCUT2D eigenvalue weighted by Crippen LogP contribution is -2.11. The van der Waals surface area contributed by atoms with Gasteiger partial charge in [-0.3, -0.25) is 0 Å². The monoisotopic (exact) mass is 234 g/mol. The molecule has 0 aliphatic carbocycles. The summed E-state index contributed by atoms with van der Waals surface area (Å²) in [6.45, 7) is 8.69. The van der Waals surface area contributed by atoms with Crippen LogP contribution in [0, 0.1) is 19.8 Å². The highest BCUT2D eigenvalue weighted by Crippen LogP contribution is 2.14. The quantitative estimate of drug-likeness (QED) is 0.788. The second kappa shape index (κ2) is 6.80. The molecule has 1 N–H and O–H groups in total. The van der Waals surface area contributed by atoms with Crippen molar-refractivity contribution in [3.63, 3.8) is 0 Å². The third-order valence-corrected chi connectivity index (χ3v) is 3.07. The molecule has 1 aromatic rings. The molecular weight excluding hydrogens is 208 g/mol. The number of hydrogen-bond acceptors (Lipinski definition) is 1. The van der Waals surface area contributed by atoms with Gasteiger partial charge in [-0.05, 0) is 38.2 Å². The Kier molecular flexibility index (Phi) is 5.70. The van der Waals surface area contributed by atoms with Crippen LogP contribution in [0.15, 0.2) is 18.2 Å². The first-order valence-corrected chi connectivity index (χ1v) is 6.72. The Balaban J connectivity index is 2.42. The van der Waals surface area contributed by atoms with Crippen LogP contribution in [0.5, 0.6) is 0 Å². The number of rotatable bonds is 6. The Morgan fingerprint density at radius 3 is 2.12 bits per heavy atom. The maximum atomic E-state index is 10.00. The van der Waals surface area contributed by atoms with Crippen LogP contribution in [0.25, 0.3) is 0 Å². The van der Waals surface area contributed by atoms with Crippen molar-refractivity contribution in [3.8, 4) is 0 Å². The third kappa shape index (κ3) is 5.88. The van der Waals surface area contributed by atoms with Gasteiger partial charge in [0.05, 0.1) is 6.10 Å². The van der Waals surface area contributed by atoms with E-state index in [1.54, 1.807) is 0 Å². The molecule has 1 aromatic carbocycles. The summed E-state index contributed by atoms with van der Waals surface area (Å²) in [5, 5.41) is 10.00. The predicted molar refractivity (Wildman–Crippen MR) is 74.3 cm³/mol. The van der Waals surface area contributed by atoms with Crippen LogP contribution in [-0.2, 0) is 6.42 Å². The molecule has 96 valence electrons. The predicted octanol–water partition coefficient (Wildman–Crippen LogP) is 4.03. The molecule has 0 aromatic heterocycles. The van der Waals surface area contributed by atoms with Crippen molar-refractivity contribution in [1.29, 1.82) is 0 Å². The largest absolute Gasteiger partial charge is 0.393 e. The van der Waals surface area contributed by atoms with Crippen LogP contribution in [0.2, 0.25) is 0 Å². The topological polar surface area (TPSA) is 20.2 Å². The van der Waals surface area contributed by atoms with Gasteiger partial charge < -0.3 is 5.11 Å². The molecule has 0 bridgehead atoms. The summed E-state index contributed by atoms with van der Waals surface area (Å²) >= 11 is 0. The van der Waals surface area contributed by atoms with E-state index in [4.69, 9.17) is 0 Å². The van der Waals surface area contributed by atoms with Gasteiger partial charge in [-0.2, -0.15) is 0 Å². The van der Waals surface area contributed by atoms with Gasteiger partial charge in [0.1, 0.15) is 0 Å². The second-order valence-electron chi connectivity index (χ2n) is 5.68. The van der Waals surface area contributed by atoms with E-state index in [0.717, 1.165) is 25.2 Å². The second-order valence-corrected chi connectivity index (χ2v) is 5.68. The van der Waals surface area contributed by atoms with Gasteiger partial charge >= 0.3 is 0 Å². The highest BCUT2D eigenvalue weighted by molar-refractivity contribution is 5.28. The first-order valence-electron chi connectivity index (χ1n) is 6.72. The van der Waals surface area contributed by atoms with Gasteiger partial charge in [0.25, 0.3) is 0 Å². The highest BCUT2D eigenvalue weighted by Gasteiger charge is 2.07. The minimum atomic E-state index is -0.185. The molecule has 17 heavy (non-hydrogen) atoms. The Morgan fingerprint density at radius 2 is 1.59 bits per heavy atom. The Morgan fingerprint density at radius 1 is 1.00 bits per heavy atom. The summed E-state index contributed by atoms with van der Waals surface area (Å²) in [5.41, 5.74) is 3.84. The number of aryl methyl sites for hydroxylation is 2. The molecule has 0 fully saturated rings. The van der Waals surface area contributed by atoms with Gasteiger partial charge in [-0.1, -0.05) is 56.0 Å². The molecule has 0 radical (unpaired) electrons.